The smallest absolute Gasteiger partial charge is 0.302 e. The van der Waals surface area contributed by atoms with Gasteiger partial charge in [-0.1, -0.05) is 0 Å². The van der Waals surface area contributed by atoms with Crippen molar-refractivity contribution in [2.75, 3.05) is 6.54 Å². The first-order valence-corrected chi connectivity index (χ1v) is 6.65. The lowest BCUT2D eigenvalue weighted by molar-refractivity contribution is -0.126. The Morgan fingerprint density at radius 3 is 2.94 bits per heavy atom. The molecule has 1 atom stereocenters. The zero-order valence-electron chi connectivity index (χ0n) is 8.40. The first-order chi connectivity index (χ1) is 7.46. The quantitative estimate of drug-likeness (QED) is 0.869. The van der Waals surface area contributed by atoms with Gasteiger partial charge < -0.3 is 5.32 Å². The van der Waals surface area contributed by atoms with Crippen molar-refractivity contribution in [3.05, 3.63) is 20.3 Å². The number of fused-ring (bicyclic) bond motifs is 1. The van der Waals surface area contributed by atoms with E-state index in [0.717, 1.165) is 28.6 Å². The highest BCUT2D eigenvalue weighted by molar-refractivity contribution is 9.11. The number of rotatable bonds is 2. The van der Waals surface area contributed by atoms with Crippen LogP contribution >= 0.6 is 27.3 Å². The maximum atomic E-state index is 12.1. The molecule has 16 heavy (non-hydrogen) atoms. The molecule has 6 heteroatoms. The molecular formula is C10H11BrF3NS. The molecule has 1 unspecified atom stereocenters. The zero-order chi connectivity index (χ0) is 11.8. The van der Waals surface area contributed by atoms with Crippen molar-refractivity contribution in [2.45, 2.75) is 31.5 Å². The third-order valence-electron chi connectivity index (χ3n) is 2.63. The summed E-state index contributed by atoms with van der Waals surface area (Å²) in [7, 11) is 0. The topological polar surface area (TPSA) is 12.0 Å². The van der Waals surface area contributed by atoms with Gasteiger partial charge in [0.05, 0.1) is 10.3 Å². The van der Waals surface area contributed by atoms with Crippen LogP contribution in [0, 0.1) is 0 Å². The highest BCUT2D eigenvalue weighted by atomic mass is 79.9. The van der Waals surface area contributed by atoms with Gasteiger partial charge in [-0.2, -0.15) is 13.2 Å². The molecule has 0 amide bonds. The predicted molar refractivity (Wildman–Crippen MR) is 61.8 cm³/mol. The number of nitrogens with one attached hydrogen (secondary N) is 1. The fourth-order valence-corrected chi connectivity index (χ4v) is 3.79. The molecule has 0 bridgehead atoms. The average molecular weight is 314 g/mol. The van der Waals surface area contributed by atoms with Crippen molar-refractivity contribution in [3.8, 4) is 0 Å². The molecule has 1 aliphatic carbocycles. The molecule has 1 aliphatic rings. The number of hydrogen-bond acceptors (Lipinski definition) is 2. The number of alkyl halides is 3. The summed E-state index contributed by atoms with van der Waals surface area (Å²) in [6, 6.07) is 1.79. The minimum Gasteiger partial charge on any atom is -0.302 e. The monoisotopic (exact) mass is 313 g/mol. The standard InChI is InChI=1S/C10H11BrF3NS/c11-9-4-6-7(15-5-10(12,13)14)2-1-3-8(6)16-9/h4,7,15H,1-3,5H2. The molecule has 1 aromatic heterocycles. The number of halogens is 4. The first-order valence-electron chi connectivity index (χ1n) is 5.04. The van der Waals surface area contributed by atoms with Crippen LogP contribution in [-0.2, 0) is 6.42 Å². The van der Waals surface area contributed by atoms with Crippen molar-refractivity contribution in [1.82, 2.24) is 5.32 Å². The lowest BCUT2D eigenvalue weighted by Gasteiger charge is -2.24. The van der Waals surface area contributed by atoms with Gasteiger partial charge in [0.15, 0.2) is 0 Å². The Bertz CT molecular complexity index is 375. The SMILES string of the molecule is FC(F)(F)CNC1CCCc2sc(Br)cc21. The maximum Gasteiger partial charge on any atom is 0.401 e. The van der Waals surface area contributed by atoms with E-state index >= 15 is 0 Å². The molecular weight excluding hydrogens is 303 g/mol. The minimum absolute atomic E-state index is 0.145. The third kappa shape index (κ3) is 2.99. The maximum absolute atomic E-state index is 12.1. The van der Waals surface area contributed by atoms with Gasteiger partial charge >= 0.3 is 6.18 Å². The molecule has 0 fully saturated rings. The van der Waals surface area contributed by atoms with E-state index < -0.39 is 12.7 Å². The largest absolute Gasteiger partial charge is 0.401 e. The Morgan fingerprint density at radius 1 is 1.50 bits per heavy atom. The van der Waals surface area contributed by atoms with Crippen LogP contribution < -0.4 is 5.32 Å². The van der Waals surface area contributed by atoms with Crippen LogP contribution in [0.15, 0.2) is 9.85 Å². The summed E-state index contributed by atoms with van der Waals surface area (Å²) < 4.78 is 37.4. The molecule has 0 saturated heterocycles. The Hall–Kier alpha value is -0.0700. The summed E-state index contributed by atoms with van der Waals surface area (Å²) in [6.07, 6.45) is -1.41. The van der Waals surface area contributed by atoms with Gasteiger partial charge in [0.2, 0.25) is 0 Å². The van der Waals surface area contributed by atoms with Crippen LogP contribution in [0.2, 0.25) is 0 Å². The van der Waals surface area contributed by atoms with Gasteiger partial charge in [0.25, 0.3) is 0 Å². The van der Waals surface area contributed by atoms with E-state index in [-0.39, 0.29) is 6.04 Å². The number of thiophene rings is 1. The Morgan fingerprint density at radius 2 is 2.25 bits per heavy atom. The van der Waals surface area contributed by atoms with E-state index in [4.69, 9.17) is 0 Å². The second-order valence-electron chi connectivity index (χ2n) is 3.87. The molecule has 1 nitrogen and oxygen atoms in total. The van der Waals surface area contributed by atoms with E-state index in [1.165, 1.54) is 4.88 Å². The van der Waals surface area contributed by atoms with Gasteiger partial charge in [0, 0.05) is 10.9 Å². The normalized spacial score (nSPS) is 20.9. The van der Waals surface area contributed by atoms with E-state index in [1.807, 2.05) is 6.07 Å². The third-order valence-corrected chi connectivity index (χ3v) is 4.35. The molecule has 0 saturated carbocycles. The number of aryl methyl sites for hydroxylation is 1. The van der Waals surface area contributed by atoms with Gasteiger partial charge in [-0.25, -0.2) is 0 Å². The highest BCUT2D eigenvalue weighted by Gasteiger charge is 2.30. The van der Waals surface area contributed by atoms with Crippen LogP contribution in [0.5, 0.6) is 0 Å². The van der Waals surface area contributed by atoms with Gasteiger partial charge in [-0.15, -0.1) is 11.3 Å². The molecule has 90 valence electrons. The van der Waals surface area contributed by atoms with Crippen LogP contribution in [0.25, 0.3) is 0 Å². The predicted octanol–water partition coefficient (Wildman–Crippen LogP) is 4.04. The Kier molecular flexibility index (Phi) is 3.61. The first kappa shape index (κ1) is 12.4. The van der Waals surface area contributed by atoms with Crippen molar-refractivity contribution in [2.24, 2.45) is 0 Å². The number of hydrogen-bond donors (Lipinski definition) is 1. The molecule has 0 spiro atoms. The van der Waals surface area contributed by atoms with Crippen molar-refractivity contribution < 1.29 is 13.2 Å². The molecule has 0 aromatic carbocycles. The fourth-order valence-electron chi connectivity index (χ4n) is 1.97. The second kappa shape index (κ2) is 4.66. The Balaban J connectivity index is 2.07. The molecule has 1 aromatic rings. The fraction of sp³-hybridized carbons (Fsp3) is 0.600. The average Bonchev–Trinajstić information content (AvgIpc) is 2.54. The van der Waals surface area contributed by atoms with Crippen LogP contribution in [0.3, 0.4) is 0 Å². The van der Waals surface area contributed by atoms with E-state index in [2.05, 4.69) is 21.2 Å². The van der Waals surface area contributed by atoms with Crippen LogP contribution in [-0.4, -0.2) is 12.7 Å². The molecule has 1 heterocycles. The molecule has 1 N–H and O–H groups in total. The van der Waals surface area contributed by atoms with E-state index in [9.17, 15) is 13.2 Å². The molecule has 0 aliphatic heterocycles. The Labute approximate surface area is 104 Å². The second-order valence-corrected chi connectivity index (χ2v) is 6.39. The summed E-state index contributed by atoms with van der Waals surface area (Å²) in [6.45, 7) is -0.912. The lowest BCUT2D eigenvalue weighted by atomic mass is 9.94. The van der Waals surface area contributed by atoms with Crippen molar-refractivity contribution >= 4 is 27.3 Å². The van der Waals surface area contributed by atoms with E-state index in [0.29, 0.717) is 0 Å². The van der Waals surface area contributed by atoms with Gasteiger partial charge in [0.1, 0.15) is 0 Å². The molecule has 2 rings (SSSR count). The highest BCUT2D eigenvalue weighted by Crippen LogP contribution is 2.38. The summed E-state index contributed by atoms with van der Waals surface area (Å²) in [5.74, 6) is 0. The summed E-state index contributed by atoms with van der Waals surface area (Å²) in [5, 5.41) is 2.59. The van der Waals surface area contributed by atoms with Gasteiger partial charge in [-0.3, -0.25) is 0 Å². The van der Waals surface area contributed by atoms with Crippen molar-refractivity contribution in [1.29, 1.82) is 0 Å². The summed E-state index contributed by atoms with van der Waals surface area (Å²) in [4.78, 5) is 1.21. The van der Waals surface area contributed by atoms with Gasteiger partial charge in [-0.05, 0) is 46.8 Å². The molecule has 0 radical (unpaired) electrons. The van der Waals surface area contributed by atoms with Crippen LogP contribution in [0.4, 0.5) is 13.2 Å². The van der Waals surface area contributed by atoms with Crippen LogP contribution in [0.1, 0.15) is 29.3 Å². The van der Waals surface area contributed by atoms with Crippen molar-refractivity contribution in [3.63, 3.8) is 0 Å². The summed E-state index contributed by atoms with van der Waals surface area (Å²) >= 11 is 5.00. The van der Waals surface area contributed by atoms with E-state index in [1.54, 1.807) is 11.3 Å². The minimum atomic E-state index is -4.13. The summed E-state index contributed by atoms with van der Waals surface area (Å²) in [5.41, 5.74) is 1.03. The lowest BCUT2D eigenvalue weighted by Crippen LogP contribution is -2.33. The zero-order valence-corrected chi connectivity index (χ0v) is 10.8.